The Kier molecular flexibility index (Phi) is 5.14. The van der Waals surface area contributed by atoms with Crippen LogP contribution in [-0.2, 0) is 11.3 Å². The fourth-order valence-corrected chi connectivity index (χ4v) is 3.28. The maximum Gasteiger partial charge on any atom is 0.346 e. The first kappa shape index (κ1) is 15.0. The number of thiophene rings is 1. The Labute approximate surface area is 122 Å². The van der Waals surface area contributed by atoms with Gasteiger partial charge >= 0.3 is 5.97 Å². The number of carboxylic acids is 1. The number of carbonyl (C=O) groups excluding carboxylic acids is 1. The fourth-order valence-electron chi connectivity index (χ4n) is 2.53. The number of rotatable bonds is 5. The molecule has 1 aromatic rings. The van der Waals surface area contributed by atoms with E-state index in [1.54, 1.807) is 6.92 Å². The van der Waals surface area contributed by atoms with Gasteiger partial charge in [0.25, 0.3) is 0 Å². The van der Waals surface area contributed by atoms with E-state index < -0.39 is 5.97 Å². The predicted molar refractivity (Wildman–Crippen MR) is 78.0 cm³/mol. The van der Waals surface area contributed by atoms with Gasteiger partial charge in [-0.05, 0) is 48.9 Å². The van der Waals surface area contributed by atoms with Crippen molar-refractivity contribution in [1.82, 2.24) is 10.2 Å². The van der Waals surface area contributed by atoms with E-state index in [1.807, 2.05) is 11.4 Å². The Balaban J connectivity index is 1.81. The minimum Gasteiger partial charge on any atom is -0.477 e. The number of carbonyl (C=O) groups is 2. The zero-order valence-electron chi connectivity index (χ0n) is 11.6. The van der Waals surface area contributed by atoms with Crippen molar-refractivity contribution >= 4 is 23.2 Å². The van der Waals surface area contributed by atoms with E-state index in [2.05, 4.69) is 10.2 Å². The number of carboxylic acid groups (broad SMARTS) is 1. The lowest BCUT2D eigenvalue weighted by atomic mass is 9.96. The second-order valence-electron chi connectivity index (χ2n) is 5.24. The number of hydrogen-bond acceptors (Lipinski definition) is 4. The van der Waals surface area contributed by atoms with Gasteiger partial charge in [0.2, 0.25) is 5.91 Å². The lowest BCUT2D eigenvalue weighted by Gasteiger charge is -2.31. The molecule has 0 saturated carbocycles. The lowest BCUT2D eigenvalue weighted by Crippen LogP contribution is -2.37. The van der Waals surface area contributed by atoms with Gasteiger partial charge in [-0.2, -0.15) is 0 Å². The molecule has 5 nitrogen and oxygen atoms in total. The van der Waals surface area contributed by atoms with E-state index in [4.69, 9.17) is 5.11 Å². The van der Waals surface area contributed by atoms with Gasteiger partial charge in [-0.1, -0.05) is 0 Å². The van der Waals surface area contributed by atoms with Gasteiger partial charge in [0.15, 0.2) is 0 Å². The highest BCUT2D eigenvalue weighted by molar-refractivity contribution is 7.12. The van der Waals surface area contributed by atoms with E-state index in [0.29, 0.717) is 17.3 Å². The lowest BCUT2D eigenvalue weighted by molar-refractivity contribution is -0.119. The van der Waals surface area contributed by atoms with Crippen molar-refractivity contribution in [3.05, 3.63) is 21.9 Å². The van der Waals surface area contributed by atoms with Crippen LogP contribution in [-0.4, -0.2) is 41.5 Å². The van der Waals surface area contributed by atoms with Crippen molar-refractivity contribution in [3.63, 3.8) is 0 Å². The third kappa shape index (κ3) is 4.05. The quantitative estimate of drug-likeness (QED) is 0.869. The molecule has 0 aromatic carbocycles. The number of nitrogens with one attached hydrogen (secondary N) is 1. The summed E-state index contributed by atoms with van der Waals surface area (Å²) < 4.78 is 0. The van der Waals surface area contributed by atoms with Crippen LogP contribution in [0.15, 0.2) is 11.4 Å². The molecule has 1 amide bonds. The van der Waals surface area contributed by atoms with Gasteiger partial charge in [0, 0.05) is 20.0 Å². The molecule has 1 aromatic heterocycles. The van der Waals surface area contributed by atoms with E-state index in [0.717, 1.165) is 38.0 Å². The van der Waals surface area contributed by atoms with Gasteiger partial charge in [0.1, 0.15) is 4.88 Å². The zero-order chi connectivity index (χ0) is 14.5. The monoisotopic (exact) mass is 296 g/mol. The number of piperidine rings is 1. The van der Waals surface area contributed by atoms with Crippen molar-refractivity contribution in [2.75, 3.05) is 19.6 Å². The Bertz CT molecular complexity index is 479. The molecule has 20 heavy (non-hydrogen) atoms. The summed E-state index contributed by atoms with van der Waals surface area (Å²) in [4.78, 5) is 24.7. The van der Waals surface area contributed by atoms with Crippen LogP contribution in [0, 0.1) is 5.92 Å². The summed E-state index contributed by atoms with van der Waals surface area (Å²) in [5, 5.41) is 13.8. The molecule has 110 valence electrons. The molecule has 1 aliphatic rings. The maximum atomic E-state index is 11.1. The zero-order valence-corrected chi connectivity index (χ0v) is 12.4. The minimum absolute atomic E-state index is 0.0248. The average Bonchev–Trinajstić information content (AvgIpc) is 2.86. The van der Waals surface area contributed by atoms with E-state index >= 15 is 0 Å². The Morgan fingerprint density at radius 2 is 2.15 bits per heavy atom. The molecular formula is C14H20N2O3S. The molecule has 0 radical (unpaired) electrons. The highest BCUT2D eigenvalue weighted by Gasteiger charge is 2.21. The van der Waals surface area contributed by atoms with Crippen molar-refractivity contribution in [1.29, 1.82) is 0 Å². The van der Waals surface area contributed by atoms with Crippen molar-refractivity contribution in [3.8, 4) is 0 Å². The summed E-state index contributed by atoms with van der Waals surface area (Å²) in [6, 6.07) is 1.90. The average molecular weight is 296 g/mol. The number of amides is 1. The second-order valence-corrected chi connectivity index (χ2v) is 6.15. The topological polar surface area (TPSA) is 69.6 Å². The van der Waals surface area contributed by atoms with Crippen LogP contribution in [0.5, 0.6) is 0 Å². The van der Waals surface area contributed by atoms with E-state index in [-0.39, 0.29) is 5.91 Å². The summed E-state index contributed by atoms with van der Waals surface area (Å²) in [5.74, 6) is -0.274. The molecule has 2 heterocycles. The molecule has 0 aliphatic carbocycles. The standard InChI is InChI=1S/C14H20N2O3S/c1-10(17)15-8-11-2-5-16(6-3-11)9-12-4-7-20-13(12)14(18)19/h4,7,11H,2-3,5-6,8-9H2,1H3,(H,15,17)(H,18,19). The third-order valence-corrected chi connectivity index (χ3v) is 4.63. The fraction of sp³-hybridized carbons (Fsp3) is 0.571. The minimum atomic E-state index is -0.837. The predicted octanol–water partition coefficient (Wildman–Crippen LogP) is 1.79. The molecule has 1 saturated heterocycles. The maximum absolute atomic E-state index is 11.1. The highest BCUT2D eigenvalue weighted by Crippen LogP contribution is 2.22. The number of nitrogens with zero attached hydrogens (tertiary/aromatic N) is 1. The SMILES string of the molecule is CC(=O)NCC1CCN(Cc2ccsc2C(=O)O)CC1. The number of aromatic carboxylic acids is 1. The van der Waals surface area contributed by atoms with Crippen LogP contribution in [0.4, 0.5) is 0 Å². The molecule has 1 aliphatic heterocycles. The summed E-state index contributed by atoms with van der Waals surface area (Å²) in [6.07, 6.45) is 2.10. The summed E-state index contributed by atoms with van der Waals surface area (Å²) in [5.41, 5.74) is 0.905. The Morgan fingerprint density at radius 3 is 2.75 bits per heavy atom. The molecule has 0 atom stereocenters. The molecule has 0 unspecified atom stereocenters. The van der Waals surface area contributed by atoms with Gasteiger partial charge in [-0.25, -0.2) is 4.79 Å². The van der Waals surface area contributed by atoms with Gasteiger partial charge in [-0.15, -0.1) is 11.3 Å². The second kappa shape index (κ2) is 6.85. The van der Waals surface area contributed by atoms with Crippen LogP contribution in [0.3, 0.4) is 0 Å². The molecular weight excluding hydrogens is 276 g/mol. The highest BCUT2D eigenvalue weighted by atomic mass is 32.1. The number of hydrogen-bond donors (Lipinski definition) is 2. The van der Waals surface area contributed by atoms with Gasteiger partial charge < -0.3 is 10.4 Å². The van der Waals surface area contributed by atoms with Crippen molar-refractivity contribution < 1.29 is 14.7 Å². The molecule has 2 rings (SSSR count). The Hall–Kier alpha value is -1.40. The summed E-state index contributed by atoms with van der Waals surface area (Å²) in [7, 11) is 0. The third-order valence-electron chi connectivity index (χ3n) is 3.68. The van der Waals surface area contributed by atoms with Crippen LogP contribution >= 0.6 is 11.3 Å². The van der Waals surface area contributed by atoms with Gasteiger partial charge in [-0.3, -0.25) is 9.69 Å². The first-order valence-corrected chi connectivity index (χ1v) is 7.70. The van der Waals surface area contributed by atoms with E-state index in [9.17, 15) is 9.59 Å². The molecule has 0 spiro atoms. The first-order chi connectivity index (χ1) is 9.56. The van der Waals surface area contributed by atoms with Crippen LogP contribution in [0.1, 0.15) is 35.0 Å². The molecule has 2 N–H and O–H groups in total. The van der Waals surface area contributed by atoms with Crippen molar-refractivity contribution in [2.45, 2.75) is 26.3 Å². The number of likely N-dealkylation sites (tertiary alicyclic amines) is 1. The van der Waals surface area contributed by atoms with Gasteiger partial charge in [0.05, 0.1) is 0 Å². The summed E-state index contributed by atoms with van der Waals surface area (Å²) >= 11 is 1.28. The van der Waals surface area contributed by atoms with Crippen LogP contribution < -0.4 is 5.32 Å². The van der Waals surface area contributed by atoms with Crippen LogP contribution in [0.25, 0.3) is 0 Å². The summed E-state index contributed by atoms with van der Waals surface area (Å²) in [6.45, 7) is 4.91. The van der Waals surface area contributed by atoms with E-state index in [1.165, 1.54) is 11.3 Å². The molecule has 0 bridgehead atoms. The largest absolute Gasteiger partial charge is 0.477 e. The first-order valence-electron chi connectivity index (χ1n) is 6.82. The smallest absolute Gasteiger partial charge is 0.346 e. The molecule has 1 fully saturated rings. The Morgan fingerprint density at radius 1 is 1.45 bits per heavy atom. The van der Waals surface area contributed by atoms with Crippen LogP contribution in [0.2, 0.25) is 0 Å². The normalized spacial score (nSPS) is 17.1. The molecule has 6 heteroatoms. The van der Waals surface area contributed by atoms with Crippen molar-refractivity contribution in [2.24, 2.45) is 5.92 Å².